The minimum atomic E-state index is -0.763. The van der Waals surface area contributed by atoms with Crippen LogP contribution in [0.4, 0.5) is 0 Å². The Morgan fingerprint density at radius 1 is 0.312 bits per heavy atom. The van der Waals surface area contributed by atoms with Crippen molar-refractivity contribution < 1.29 is 28.6 Å². The molecular weight excluding hydrogens is 793 g/mol. The Labute approximate surface area is 399 Å². The molecule has 0 rings (SSSR count). The lowest BCUT2D eigenvalue weighted by atomic mass is 9.99. The van der Waals surface area contributed by atoms with Gasteiger partial charge in [0.1, 0.15) is 13.2 Å². The summed E-state index contributed by atoms with van der Waals surface area (Å²) in [5.74, 6) is 0.864. The van der Waals surface area contributed by atoms with Crippen LogP contribution in [0.15, 0.2) is 0 Å². The van der Waals surface area contributed by atoms with E-state index < -0.39 is 6.10 Å². The normalized spacial score (nSPS) is 12.9. The molecule has 0 aliphatic carbocycles. The Balaban J connectivity index is 4.25. The molecule has 0 aromatic carbocycles. The van der Waals surface area contributed by atoms with E-state index in [-0.39, 0.29) is 31.1 Å². The third-order valence-electron chi connectivity index (χ3n) is 13.9. The number of hydrogen-bond acceptors (Lipinski definition) is 6. The van der Waals surface area contributed by atoms with Gasteiger partial charge in [0.25, 0.3) is 0 Å². The Morgan fingerprint density at radius 3 is 0.812 bits per heavy atom. The van der Waals surface area contributed by atoms with E-state index in [4.69, 9.17) is 14.2 Å². The Hall–Kier alpha value is -1.59. The van der Waals surface area contributed by atoms with Crippen LogP contribution in [0.3, 0.4) is 0 Å². The molecule has 0 spiro atoms. The third-order valence-corrected chi connectivity index (χ3v) is 13.9. The van der Waals surface area contributed by atoms with Gasteiger partial charge in [0.15, 0.2) is 6.10 Å². The first-order valence-electron chi connectivity index (χ1n) is 28.8. The van der Waals surface area contributed by atoms with E-state index in [2.05, 4.69) is 34.6 Å². The molecule has 0 saturated carbocycles. The molecule has 0 fully saturated rings. The number of unbranched alkanes of at least 4 members (excludes halogenated alkanes) is 35. The van der Waals surface area contributed by atoms with Crippen LogP contribution in [0.5, 0.6) is 0 Å². The van der Waals surface area contributed by atoms with E-state index in [1.807, 2.05) is 0 Å². The fourth-order valence-electron chi connectivity index (χ4n) is 8.81. The minimum Gasteiger partial charge on any atom is -0.462 e. The van der Waals surface area contributed by atoms with Gasteiger partial charge in [-0.1, -0.05) is 285 Å². The van der Waals surface area contributed by atoms with Crippen molar-refractivity contribution in [1.82, 2.24) is 0 Å². The smallest absolute Gasteiger partial charge is 0.306 e. The van der Waals surface area contributed by atoms with Crippen LogP contribution in [0.1, 0.15) is 324 Å². The van der Waals surface area contributed by atoms with Crippen molar-refractivity contribution in [2.75, 3.05) is 13.2 Å². The van der Waals surface area contributed by atoms with Gasteiger partial charge in [0.05, 0.1) is 0 Å². The van der Waals surface area contributed by atoms with Crippen molar-refractivity contribution in [3.63, 3.8) is 0 Å². The van der Waals surface area contributed by atoms with E-state index in [0.717, 1.165) is 69.6 Å². The second-order valence-corrected chi connectivity index (χ2v) is 20.4. The standard InChI is InChI=1S/C58H112O6/c1-6-9-10-11-12-13-14-15-16-17-18-19-23-26-29-32-38-43-48-56(59)62-51-55(52-63-57(60)49-44-39-35-34-37-42-47-54(5)8-3)64-58(61)50-45-40-33-30-27-24-21-20-22-25-28-31-36-41-46-53(4)7-2/h53-55H,6-52H2,1-5H3/t53?,54?,55-/m1/s1. The van der Waals surface area contributed by atoms with Gasteiger partial charge in [-0.25, -0.2) is 0 Å². The monoisotopic (exact) mass is 905 g/mol. The van der Waals surface area contributed by atoms with Gasteiger partial charge in [0.2, 0.25) is 0 Å². The highest BCUT2D eigenvalue weighted by Crippen LogP contribution is 2.19. The number of carbonyl (C=O) groups excluding carboxylic acids is 3. The predicted octanol–water partition coefficient (Wildman–Crippen LogP) is 18.9. The molecule has 0 amide bonds. The number of rotatable bonds is 52. The van der Waals surface area contributed by atoms with Gasteiger partial charge in [0, 0.05) is 19.3 Å². The lowest BCUT2D eigenvalue weighted by molar-refractivity contribution is -0.167. The maximum Gasteiger partial charge on any atom is 0.306 e. The molecule has 0 aliphatic heterocycles. The zero-order valence-corrected chi connectivity index (χ0v) is 43.9. The zero-order valence-electron chi connectivity index (χ0n) is 43.9. The SMILES string of the molecule is CCCCCCCCCCCCCCCCCCCCC(=O)OC[C@H](COC(=O)CCCCCCCCC(C)CC)OC(=O)CCCCCCCCCCCCCCCCC(C)CC. The van der Waals surface area contributed by atoms with Crippen molar-refractivity contribution in [2.45, 2.75) is 330 Å². The summed E-state index contributed by atoms with van der Waals surface area (Å²) in [4.78, 5) is 38.1. The lowest BCUT2D eigenvalue weighted by Gasteiger charge is -2.18. The summed E-state index contributed by atoms with van der Waals surface area (Å²) in [6.45, 7) is 11.4. The van der Waals surface area contributed by atoms with Gasteiger partial charge in [-0.3, -0.25) is 14.4 Å². The van der Waals surface area contributed by atoms with Crippen LogP contribution >= 0.6 is 0 Å². The lowest BCUT2D eigenvalue weighted by Crippen LogP contribution is -2.30. The van der Waals surface area contributed by atoms with E-state index in [9.17, 15) is 14.4 Å². The van der Waals surface area contributed by atoms with Gasteiger partial charge < -0.3 is 14.2 Å². The molecule has 0 aliphatic rings. The molecule has 380 valence electrons. The Bertz CT molecular complexity index is 982. The molecule has 0 aromatic rings. The quantitative estimate of drug-likeness (QED) is 0.0344. The highest BCUT2D eigenvalue weighted by Gasteiger charge is 2.19. The Kier molecular flexibility index (Phi) is 49.6. The van der Waals surface area contributed by atoms with Crippen LogP contribution in [-0.2, 0) is 28.6 Å². The summed E-state index contributed by atoms with van der Waals surface area (Å²) in [6, 6.07) is 0. The second-order valence-electron chi connectivity index (χ2n) is 20.4. The summed E-state index contributed by atoms with van der Waals surface area (Å²) in [7, 11) is 0. The average Bonchev–Trinajstić information content (AvgIpc) is 3.29. The predicted molar refractivity (Wildman–Crippen MR) is 275 cm³/mol. The van der Waals surface area contributed by atoms with Crippen molar-refractivity contribution in [1.29, 1.82) is 0 Å². The number of ether oxygens (including phenoxy) is 3. The molecular formula is C58H112O6. The topological polar surface area (TPSA) is 78.9 Å². The molecule has 0 heterocycles. The summed E-state index contributed by atoms with van der Waals surface area (Å²) in [6.07, 6.45) is 53.8. The van der Waals surface area contributed by atoms with Crippen LogP contribution in [0, 0.1) is 11.8 Å². The molecule has 6 nitrogen and oxygen atoms in total. The minimum absolute atomic E-state index is 0.0636. The summed E-state index contributed by atoms with van der Waals surface area (Å²) < 4.78 is 16.9. The molecule has 3 atom stereocenters. The van der Waals surface area contributed by atoms with Crippen LogP contribution in [0.2, 0.25) is 0 Å². The molecule has 0 saturated heterocycles. The van der Waals surface area contributed by atoms with Gasteiger partial charge in [-0.2, -0.15) is 0 Å². The second kappa shape index (κ2) is 50.8. The number of esters is 3. The van der Waals surface area contributed by atoms with Crippen LogP contribution in [-0.4, -0.2) is 37.2 Å². The van der Waals surface area contributed by atoms with Gasteiger partial charge in [-0.15, -0.1) is 0 Å². The summed E-state index contributed by atoms with van der Waals surface area (Å²) >= 11 is 0. The zero-order chi connectivity index (χ0) is 46.8. The molecule has 64 heavy (non-hydrogen) atoms. The van der Waals surface area contributed by atoms with E-state index in [0.29, 0.717) is 19.3 Å². The van der Waals surface area contributed by atoms with E-state index in [1.54, 1.807) is 0 Å². The van der Waals surface area contributed by atoms with Crippen molar-refractivity contribution >= 4 is 17.9 Å². The molecule has 0 aromatic heterocycles. The van der Waals surface area contributed by atoms with Crippen LogP contribution < -0.4 is 0 Å². The third kappa shape index (κ3) is 48.3. The highest BCUT2D eigenvalue weighted by molar-refractivity contribution is 5.71. The van der Waals surface area contributed by atoms with Crippen molar-refractivity contribution in [3.8, 4) is 0 Å². The van der Waals surface area contributed by atoms with Crippen molar-refractivity contribution in [3.05, 3.63) is 0 Å². The first-order chi connectivity index (χ1) is 31.3. The first kappa shape index (κ1) is 62.4. The number of hydrogen-bond donors (Lipinski definition) is 0. The average molecular weight is 906 g/mol. The maximum atomic E-state index is 12.8. The first-order valence-corrected chi connectivity index (χ1v) is 28.8. The molecule has 0 radical (unpaired) electrons. The molecule has 0 bridgehead atoms. The van der Waals surface area contributed by atoms with Crippen molar-refractivity contribution in [2.24, 2.45) is 11.8 Å². The molecule has 2 unspecified atom stereocenters. The van der Waals surface area contributed by atoms with E-state index in [1.165, 1.54) is 212 Å². The molecule has 0 N–H and O–H groups in total. The van der Waals surface area contributed by atoms with Gasteiger partial charge >= 0.3 is 17.9 Å². The maximum absolute atomic E-state index is 12.8. The Morgan fingerprint density at radius 2 is 0.547 bits per heavy atom. The largest absolute Gasteiger partial charge is 0.462 e. The van der Waals surface area contributed by atoms with Gasteiger partial charge in [-0.05, 0) is 31.1 Å². The number of carbonyl (C=O) groups is 3. The summed E-state index contributed by atoms with van der Waals surface area (Å²) in [5.41, 5.74) is 0. The van der Waals surface area contributed by atoms with E-state index >= 15 is 0 Å². The molecule has 6 heteroatoms. The summed E-state index contributed by atoms with van der Waals surface area (Å²) in [5, 5.41) is 0. The highest BCUT2D eigenvalue weighted by atomic mass is 16.6. The van der Waals surface area contributed by atoms with Crippen LogP contribution in [0.25, 0.3) is 0 Å². The fourth-order valence-corrected chi connectivity index (χ4v) is 8.81. The fraction of sp³-hybridized carbons (Fsp3) is 0.948.